The molecule has 0 spiro atoms. The van der Waals surface area contributed by atoms with Crippen LogP contribution in [-0.2, 0) is 6.54 Å². The molecule has 2 N–H and O–H groups in total. The normalized spacial score (nSPS) is 14.5. The van der Waals surface area contributed by atoms with Crippen molar-refractivity contribution in [2.75, 3.05) is 19.6 Å². The molecule has 30 heavy (non-hydrogen) atoms. The zero-order valence-electron chi connectivity index (χ0n) is 17.4. The summed E-state index contributed by atoms with van der Waals surface area (Å²) in [7, 11) is 0. The molecule has 0 atom stereocenters. The molecule has 2 aromatic heterocycles. The number of piperidine rings is 1. The number of H-pyrrole nitrogens is 1. The molecule has 1 saturated heterocycles. The van der Waals surface area contributed by atoms with Crippen LogP contribution in [0.5, 0.6) is 0 Å². The van der Waals surface area contributed by atoms with Crippen LogP contribution in [0.25, 0.3) is 5.65 Å². The minimum atomic E-state index is -0.189. The van der Waals surface area contributed by atoms with Crippen molar-refractivity contribution in [2.24, 2.45) is 0 Å². The molecule has 1 aliphatic rings. The Kier molecular flexibility index (Phi) is 6.95. The van der Waals surface area contributed by atoms with Crippen LogP contribution in [0.4, 0.5) is 0 Å². The van der Waals surface area contributed by atoms with Gasteiger partial charge < -0.3 is 15.2 Å². The number of fused-ring (bicyclic) bond motifs is 1. The predicted octanol–water partition coefficient (Wildman–Crippen LogP) is 2.88. The molecule has 8 heteroatoms. The van der Waals surface area contributed by atoms with E-state index in [0.29, 0.717) is 30.0 Å². The maximum absolute atomic E-state index is 13.4. The average molecular weight is 430 g/mol. The lowest BCUT2D eigenvalue weighted by Crippen LogP contribution is -2.31. The number of carbonyl (C=O) groups excluding carboxylic acids is 1. The summed E-state index contributed by atoms with van der Waals surface area (Å²) in [6.07, 6.45) is 1.91. The Balaban J connectivity index is 0.00000256. The first kappa shape index (κ1) is 22.1. The molecule has 0 unspecified atom stereocenters. The third kappa shape index (κ3) is 4.27. The van der Waals surface area contributed by atoms with Gasteiger partial charge in [-0.3, -0.25) is 9.59 Å². The molecule has 0 bridgehead atoms. The van der Waals surface area contributed by atoms with Crippen molar-refractivity contribution < 1.29 is 4.79 Å². The Labute approximate surface area is 181 Å². The first-order valence-corrected chi connectivity index (χ1v) is 10.2. The summed E-state index contributed by atoms with van der Waals surface area (Å²) in [5.41, 5.74) is 3.39. The number of benzene rings is 1. The SMILES string of the molecule is CCN(Cc1ccccc1)C(=O)c1c(C)nn2c(C3CCNCC3)cc(=O)[nH]c12.Cl. The van der Waals surface area contributed by atoms with Gasteiger partial charge in [-0.2, -0.15) is 5.10 Å². The van der Waals surface area contributed by atoms with E-state index in [4.69, 9.17) is 0 Å². The van der Waals surface area contributed by atoms with E-state index < -0.39 is 0 Å². The number of rotatable bonds is 5. The number of amides is 1. The average Bonchev–Trinajstić information content (AvgIpc) is 3.07. The van der Waals surface area contributed by atoms with E-state index in [9.17, 15) is 9.59 Å². The highest BCUT2D eigenvalue weighted by atomic mass is 35.5. The zero-order valence-corrected chi connectivity index (χ0v) is 18.2. The van der Waals surface area contributed by atoms with Crippen molar-refractivity contribution in [3.63, 3.8) is 0 Å². The smallest absolute Gasteiger partial charge is 0.259 e. The molecule has 3 aromatic rings. The fourth-order valence-corrected chi connectivity index (χ4v) is 4.13. The second-order valence-corrected chi connectivity index (χ2v) is 7.61. The van der Waals surface area contributed by atoms with Gasteiger partial charge in [-0.15, -0.1) is 12.4 Å². The van der Waals surface area contributed by atoms with Crippen molar-refractivity contribution in [1.29, 1.82) is 0 Å². The Morgan fingerprint density at radius 2 is 1.93 bits per heavy atom. The molecule has 1 aliphatic heterocycles. The number of nitrogens with zero attached hydrogens (tertiary/aromatic N) is 3. The van der Waals surface area contributed by atoms with E-state index in [1.807, 2.05) is 44.2 Å². The van der Waals surface area contributed by atoms with Gasteiger partial charge in [0.15, 0.2) is 0 Å². The maximum atomic E-state index is 13.4. The van der Waals surface area contributed by atoms with Crippen LogP contribution >= 0.6 is 12.4 Å². The minimum Gasteiger partial charge on any atom is -0.334 e. The van der Waals surface area contributed by atoms with Crippen molar-refractivity contribution in [3.8, 4) is 0 Å². The third-order valence-corrected chi connectivity index (χ3v) is 5.68. The molecule has 0 radical (unpaired) electrons. The van der Waals surface area contributed by atoms with Gasteiger partial charge in [0, 0.05) is 25.1 Å². The largest absolute Gasteiger partial charge is 0.334 e. The summed E-state index contributed by atoms with van der Waals surface area (Å²) in [6, 6.07) is 11.6. The summed E-state index contributed by atoms with van der Waals surface area (Å²) in [6.45, 7) is 6.73. The quantitative estimate of drug-likeness (QED) is 0.653. The molecule has 1 fully saturated rings. The number of halogens is 1. The predicted molar refractivity (Wildman–Crippen MR) is 119 cm³/mol. The maximum Gasteiger partial charge on any atom is 0.259 e. The summed E-state index contributed by atoms with van der Waals surface area (Å²) in [5, 5.41) is 8.00. The molecule has 0 aliphatic carbocycles. The van der Waals surface area contributed by atoms with Gasteiger partial charge in [0.25, 0.3) is 11.5 Å². The van der Waals surface area contributed by atoms with E-state index in [-0.39, 0.29) is 29.8 Å². The first-order valence-electron chi connectivity index (χ1n) is 10.2. The Hall–Kier alpha value is -2.64. The van der Waals surface area contributed by atoms with Crippen LogP contribution in [0.15, 0.2) is 41.2 Å². The van der Waals surface area contributed by atoms with E-state index in [1.165, 1.54) is 0 Å². The summed E-state index contributed by atoms with van der Waals surface area (Å²) in [5.74, 6) is 0.150. The molecule has 1 amide bonds. The summed E-state index contributed by atoms with van der Waals surface area (Å²) < 4.78 is 1.77. The lowest BCUT2D eigenvalue weighted by molar-refractivity contribution is 0.0753. The second-order valence-electron chi connectivity index (χ2n) is 7.61. The van der Waals surface area contributed by atoms with Crippen molar-refractivity contribution in [1.82, 2.24) is 24.8 Å². The van der Waals surface area contributed by atoms with Gasteiger partial charge in [0.05, 0.1) is 11.4 Å². The molecule has 7 nitrogen and oxygen atoms in total. The highest BCUT2D eigenvalue weighted by molar-refractivity contribution is 6.01. The van der Waals surface area contributed by atoms with E-state index in [0.717, 1.165) is 37.2 Å². The van der Waals surface area contributed by atoms with E-state index >= 15 is 0 Å². The number of nitrogens with one attached hydrogen (secondary N) is 2. The number of hydrogen-bond acceptors (Lipinski definition) is 4. The monoisotopic (exact) mass is 429 g/mol. The molecule has 160 valence electrons. The molecule has 0 saturated carbocycles. The minimum absolute atomic E-state index is 0. The standard InChI is InChI=1S/C22H27N5O2.ClH/c1-3-26(14-16-7-5-4-6-8-16)22(29)20-15(2)25-27-18(13-19(28)24-21(20)27)17-9-11-23-12-10-17;/h4-8,13,17,23H,3,9-12,14H2,1-2H3,(H,24,28);1H. The fraction of sp³-hybridized carbons (Fsp3) is 0.409. The number of hydrogen-bond donors (Lipinski definition) is 2. The van der Waals surface area contributed by atoms with Crippen LogP contribution in [-0.4, -0.2) is 45.0 Å². The molecular weight excluding hydrogens is 402 g/mol. The van der Waals surface area contributed by atoms with Gasteiger partial charge in [-0.1, -0.05) is 30.3 Å². The van der Waals surface area contributed by atoms with Gasteiger partial charge in [0.1, 0.15) is 11.2 Å². The topological polar surface area (TPSA) is 82.5 Å². The Bertz CT molecular complexity index is 1070. The van der Waals surface area contributed by atoms with Gasteiger partial charge in [-0.25, -0.2) is 4.52 Å². The zero-order chi connectivity index (χ0) is 20.4. The lowest BCUT2D eigenvalue weighted by atomic mass is 9.94. The Morgan fingerprint density at radius 1 is 1.23 bits per heavy atom. The van der Waals surface area contributed by atoms with Crippen molar-refractivity contribution in [2.45, 2.75) is 39.2 Å². The molecular formula is C22H28ClN5O2. The summed E-state index contributed by atoms with van der Waals surface area (Å²) >= 11 is 0. The van der Waals surface area contributed by atoms with Gasteiger partial charge in [-0.05, 0) is 45.3 Å². The number of aromatic amines is 1. The molecule has 1 aromatic carbocycles. The molecule has 3 heterocycles. The first-order chi connectivity index (χ1) is 14.1. The van der Waals surface area contributed by atoms with Crippen molar-refractivity contribution >= 4 is 24.0 Å². The highest BCUT2D eigenvalue weighted by Crippen LogP contribution is 2.26. The number of aryl methyl sites for hydroxylation is 1. The Morgan fingerprint density at radius 3 is 2.60 bits per heavy atom. The summed E-state index contributed by atoms with van der Waals surface area (Å²) in [4.78, 5) is 30.5. The van der Waals surface area contributed by atoms with Gasteiger partial charge >= 0.3 is 0 Å². The van der Waals surface area contributed by atoms with Crippen LogP contribution in [0.1, 0.15) is 53.0 Å². The van der Waals surface area contributed by atoms with E-state index in [1.54, 1.807) is 15.5 Å². The highest BCUT2D eigenvalue weighted by Gasteiger charge is 2.26. The number of aromatic nitrogens is 3. The van der Waals surface area contributed by atoms with Crippen LogP contribution < -0.4 is 10.9 Å². The third-order valence-electron chi connectivity index (χ3n) is 5.68. The van der Waals surface area contributed by atoms with Crippen LogP contribution in [0, 0.1) is 6.92 Å². The van der Waals surface area contributed by atoms with Gasteiger partial charge in [0.2, 0.25) is 0 Å². The lowest BCUT2D eigenvalue weighted by Gasteiger charge is -2.23. The molecule has 4 rings (SSSR count). The second kappa shape index (κ2) is 9.45. The number of carbonyl (C=O) groups is 1. The fourth-order valence-electron chi connectivity index (χ4n) is 4.13. The van der Waals surface area contributed by atoms with E-state index in [2.05, 4.69) is 15.4 Å². The van der Waals surface area contributed by atoms with Crippen molar-refractivity contribution in [3.05, 3.63) is 69.3 Å². The van der Waals surface area contributed by atoms with Crippen LogP contribution in [0.3, 0.4) is 0 Å². The van der Waals surface area contributed by atoms with Crippen LogP contribution in [0.2, 0.25) is 0 Å².